The highest BCUT2D eigenvalue weighted by Crippen LogP contribution is 2.21. The normalized spacial score (nSPS) is 9.34. The zero-order chi connectivity index (χ0) is 26.2. The van der Waals surface area contributed by atoms with Crippen molar-refractivity contribution in [2.75, 3.05) is 18.1 Å². The molecule has 0 fully saturated rings. The molecule has 35 heavy (non-hydrogen) atoms. The van der Waals surface area contributed by atoms with Crippen LogP contribution < -0.4 is 15.8 Å². The Labute approximate surface area is 210 Å². The Morgan fingerprint density at radius 3 is 2.20 bits per heavy atom. The largest absolute Gasteiger partial charge is 0.489 e. The number of aromatic nitrogens is 1. The Balaban J connectivity index is 0.000000318. The number of rotatable bonds is 5. The van der Waals surface area contributed by atoms with Crippen LogP contribution in [-0.4, -0.2) is 18.3 Å². The molecule has 0 radical (unpaired) electrons. The van der Waals surface area contributed by atoms with Crippen LogP contribution in [0.1, 0.15) is 54.9 Å². The maximum absolute atomic E-state index is 10.9. The third-order valence-corrected chi connectivity index (χ3v) is 4.84. The Morgan fingerprint density at radius 2 is 1.57 bits per heavy atom. The topological polar surface area (TPSA) is 77.2 Å². The molecule has 0 aliphatic carbocycles. The summed E-state index contributed by atoms with van der Waals surface area (Å²) in [6, 6.07) is 23.1. The minimum absolute atomic E-state index is 0.397. The number of benzene rings is 3. The molecule has 186 valence electrons. The summed E-state index contributed by atoms with van der Waals surface area (Å²) in [6.45, 7) is 12.4. The number of nitrogens with two attached hydrogens (primary N) is 1. The zero-order valence-corrected chi connectivity index (χ0v) is 22.1. The smallest absolute Gasteiger partial charge is 0.150 e. The van der Waals surface area contributed by atoms with Crippen LogP contribution in [0.15, 0.2) is 72.8 Å². The number of ether oxygens (including phenoxy) is 1. The fourth-order valence-corrected chi connectivity index (χ4v) is 3.16. The molecule has 0 saturated carbocycles. The van der Waals surface area contributed by atoms with Crippen LogP contribution in [0.4, 0.5) is 11.4 Å². The number of aldehydes is 1. The second-order valence-electron chi connectivity index (χ2n) is 7.25. The molecule has 5 heteroatoms. The number of anilines is 2. The highest BCUT2D eigenvalue weighted by molar-refractivity contribution is 5.90. The number of hydrogen-bond acceptors (Lipinski definition) is 5. The lowest BCUT2D eigenvalue weighted by molar-refractivity contribution is 0.112. The maximum Gasteiger partial charge on any atom is 0.150 e. The van der Waals surface area contributed by atoms with Gasteiger partial charge in [0.25, 0.3) is 0 Å². The lowest BCUT2D eigenvalue weighted by Crippen LogP contribution is -1.99. The van der Waals surface area contributed by atoms with Gasteiger partial charge in [0.2, 0.25) is 0 Å². The minimum Gasteiger partial charge on any atom is -0.489 e. The van der Waals surface area contributed by atoms with E-state index in [-0.39, 0.29) is 0 Å². The summed E-state index contributed by atoms with van der Waals surface area (Å²) in [4.78, 5) is 15.3. The Kier molecular flexibility index (Phi) is 13.2. The molecule has 4 rings (SSSR count). The van der Waals surface area contributed by atoms with Crippen LogP contribution >= 0.6 is 0 Å². The van der Waals surface area contributed by atoms with E-state index in [1.165, 1.54) is 5.56 Å². The second-order valence-corrected chi connectivity index (χ2v) is 7.25. The summed E-state index contributed by atoms with van der Waals surface area (Å²) in [5.74, 6) is 0.787. The third kappa shape index (κ3) is 9.13. The van der Waals surface area contributed by atoms with Crippen LogP contribution in [0.5, 0.6) is 5.75 Å². The van der Waals surface area contributed by atoms with Crippen LogP contribution in [-0.2, 0) is 6.61 Å². The van der Waals surface area contributed by atoms with Crippen molar-refractivity contribution < 1.29 is 9.53 Å². The van der Waals surface area contributed by atoms with E-state index in [9.17, 15) is 4.79 Å². The van der Waals surface area contributed by atoms with Gasteiger partial charge in [0.05, 0.1) is 5.52 Å². The van der Waals surface area contributed by atoms with E-state index >= 15 is 0 Å². The van der Waals surface area contributed by atoms with Gasteiger partial charge in [-0.25, -0.2) is 0 Å². The molecule has 0 atom stereocenters. The second kappa shape index (κ2) is 15.9. The quantitative estimate of drug-likeness (QED) is 0.292. The van der Waals surface area contributed by atoms with Crippen LogP contribution in [0.25, 0.3) is 10.9 Å². The summed E-state index contributed by atoms with van der Waals surface area (Å²) in [5, 5.41) is 4.09. The molecule has 1 heterocycles. The summed E-state index contributed by atoms with van der Waals surface area (Å²) >= 11 is 0. The minimum atomic E-state index is 0.397. The highest BCUT2D eigenvalue weighted by atomic mass is 16.5. The molecule has 3 N–H and O–H groups in total. The summed E-state index contributed by atoms with van der Waals surface area (Å²) < 4.78 is 5.65. The predicted molar refractivity (Wildman–Crippen MR) is 150 cm³/mol. The van der Waals surface area contributed by atoms with Crippen molar-refractivity contribution in [3.05, 3.63) is 95.2 Å². The first-order chi connectivity index (χ1) is 17.0. The van der Waals surface area contributed by atoms with Gasteiger partial charge in [0.15, 0.2) is 0 Å². The van der Waals surface area contributed by atoms with E-state index in [2.05, 4.69) is 23.3 Å². The Morgan fingerprint density at radius 1 is 0.914 bits per heavy atom. The first-order valence-corrected chi connectivity index (χ1v) is 12.1. The maximum atomic E-state index is 10.9. The van der Waals surface area contributed by atoms with Gasteiger partial charge in [0.1, 0.15) is 18.6 Å². The van der Waals surface area contributed by atoms with Gasteiger partial charge < -0.3 is 15.8 Å². The summed E-state index contributed by atoms with van der Waals surface area (Å²) in [6.07, 6.45) is 0.850. The summed E-state index contributed by atoms with van der Waals surface area (Å²) in [5.41, 5.74) is 12.5. The number of aryl methyl sites for hydroxylation is 2. The predicted octanol–water partition coefficient (Wildman–Crippen LogP) is 7.61. The molecule has 0 aliphatic heterocycles. The number of nitrogens with one attached hydrogen (secondary N) is 1. The standard InChI is InChI=1S/C15H15NO2.C11H12N2.2C2H6/c1-16-14-6-8-15(9-7-14)18-11-13-5-3-2-4-12(13)10-17;1-7-3-4-11-9(5-7)10(12)6-8(2)13-11;2*1-2/h2-10,16H,11H2,1H3;3-6H,1-2H3,(H2,12,13);2*1-2H3. The van der Waals surface area contributed by atoms with Gasteiger partial charge in [-0.15, -0.1) is 0 Å². The third-order valence-electron chi connectivity index (χ3n) is 4.84. The first-order valence-electron chi connectivity index (χ1n) is 12.1. The SMILES string of the molecule is CC.CC.CNc1ccc(OCc2ccccc2C=O)cc1.Cc1ccc2nc(C)cc(N)c2c1. The van der Waals surface area contributed by atoms with E-state index < -0.39 is 0 Å². The van der Waals surface area contributed by atoms with Crippen LogP contribution in [0, 0.1) is 13.8 Å². The van der Waals surface area contributed by atoms with E-state index in [0.717, 1.165) is 45.6 Å². The molecule has 0 amide bonds. The van der Waals surface area contributed by atoms with E-state index in [1.54, 1.807) is 6.07 Å². The zero-order valence-electron chi connectivity index (χ0n) is 22.1. The van der Waals surface area contributed by atoms with E-state index in [1.807, 2.05) is 102 Å². The van der Waals surface area contributed by atoms with E-state index in [4.69, 9.17) is 10.5 Å². The number of pyridine rings is 1. The number of nitrogen functional groups attached to an aromatic ring is 1. The molecule has 0 aliphatic rings. The van der Waals surface area contributed by atoms with Gasteiger partial charge >= 0.3 is 0 Å². The fourth-order valence-electron chi connectivity index (χ4n) is 3.16. The number of carbonyl (C=O) groups excluding carboxylic acids is 1. The molecule has 5 nitrogen and oxygen atoms in total. The molecule has 0 spiro atoms. The number of carbonyl (C=O) groups is 1. The molecule has 1 aromatic heterocycles. The number of fused-ring (bicyclic) bond motifs is 1. The molecule has 4 aromatic rings. The molecule has 0 saturated heterocycles. The molecule has 3 aromatic carbocycles. The molecular formula is C30H39N3O2. The van der Waals surface area contributed by atoms with Gasteiger partial charge in [-0.3, -0.25) is 9.78 Å². The van der Waals surface area contributed by atoms with Crippen molar-refractivity contribution in [3.63, 3.8) is 0 Å². The molecular weight excluding hydrogens is 434 g/mol. The number of nitrogens with zero attached hydrogens (tertiary/aromatic N) is 1. The average molecular weight is 474 g/mol. The lowest BCUT2D eigenvalue weighted by atomic mass is 10.1. The van der Waals surface area contributed by atoms with Gasteiger partial charge in [-0.2, -0.15) is 0 Å². The molecule has 0 bridgehead atoms. The highest BCUT2D eigenvalue weighted by Gasteiger charge is 2.02. The molecule has 0 unspecified atom stereocenters. The van der Waals surface area contributed by atoms with Gasteiger partial charge in [-0.1, -0.05) is 63.6 Å². The van der Waals surface area contributed by atoms with Gasteiger partial charge in [-0.05, 0) is 61.9 Å². The van der Waals surface area contributed by atoms with Crippen molar-refractivity contribution in [3.8, 4) is 5.75 Å². The Hall–Kier alpha value is -3.86. The number of hydrogen-bond donors (Lipinski definition) is 2. The lowest BCUT2D eigenvalue weighted by Gasteiger charge is -2.08. The first kappa shape index (κ1) is 29.2. The Bertz CT molecular complexity index is 1170. The van der Waals surface area contributed by atoms with Crippen molar-refractivity contribution in [1.82, 2.24) is 4.98 Å². The van der Waals surface area contributed by atoms with Crippen molar-refractivity contribution in [2.24, 2.45) is 0 Å². The van der Waals surface area contributed by atoms with Crippen LogP contribution in [0.2, 0.25) is 0 Å². The monoisotopic (exact) mass is 473 g/mol. The van der Waals surface area contributed by atoms with Crippen molar-refractivity contribution in [1.29, 1.82) is 0 Å². The summed E-state index contributed by atoms with van der Waals surface area (Å²) in [7, 11) is 1.87. The van der Waals surface area contributed by atoms with Crippen LogP contribution in [0.3, 0.4) is 0 Å². The van der Waals surface area contributed by atoms with Gasteiger partial charge in [0, 0.05) is 35.1 Å². The van der Waals surface area contributed by atoms with Crippen molar-refractivity contribution in [2.45, 2.75) is 48.1 Å². The van der Waals surface area contributed by atoms with Crippen molar-refractivity contribution >= 4 is 28.6 Å². The average Bonchev–Trinajstić information content (AvgIpc) is 2.91. The van der Waals surface area contributed by atoms with E-state index in [0.29, 0.717) is 12.2 Å². The fraction of sp³-hybridized carbons (Fsp3) is 0.267.